The Labute approximate surface area is 123 Å². The predicted molar refractivity (Wildman–Crippen MR) is 80.6 cm³/mol. The molecule has 0 spiro atoms. The number of rotatable bonds is 5. The summed E-state index contributed by atoms with van der Waals surface area (Å²) < 4.78 is 14.8. The van der Waals surface area contributed by atoms with E-state index < -0.39 is 0 Å². The first kappa shape index (κ1) is 14.9. The molecular formula is C15H22BrFN2. The number of hydrogen-bond donors (Lipinski definition) is 1. The maximum atomic E-state index is 13.8. The zero-order valence-electron chi connectivity index (χ0n) is 11.7. The van der Waals surface area contributed by atoms with Crippen LogP contribution in [0.4, 0.5) is 4.39 Å². The van der Waals surface area contributed by atoms with E-state index in [0.717, 1.165) is 36.2 Å². The highest BCUT2D eigenvalue weighted by Gasteiger charge is 2.30. The Kier molecular flexibility index (Phi) is 4.98. The summed E-state index contributed by atoms with van der Waals surface area (Å²) in [6.07, 6.45) is 1.20. The molecule has 0 amide bonds. The summed E-state index contributed by atoms with van der Waals surface area (Å²) in [4.78, 5) is 2.33. The quantitative estimate of drug-likeness (QED) is 0.891. The smallest absolute Gasteiger partial charge is 0.127 e. The lowest BCUT2D eigenvalue weighted by Gasteiger charge is -2.31. The van der Waals surface area contributed by atoms with Crippen LogP contribution in [0.15, 0.2) is 22.7 Å². The first-order valence-electron chi connectivity index (χ1n) is 6.89. The van der Waals surface area contributed by atoms with Gasteiger partial charge in [-0.25, -0.2) is 4.39 Å². The molecule has 0 aromatic heterocycles. The Morgan fingerprint density at radius 1 is 1.47 bits per heavy atom. The van der Waals surface area contributed by atoms with Crippen LogP contribution in [0.1, 0.15) is 25.8 Å². The van der Waals surface area contributed by atoms with Crippen LogP contribution in [0.25, 0.3) is 0 Å². The van der Waals surface area contributed by atoms with Crippen molar-refractivity contribution in [1.82, 2.24) is 10.2 Å². The largest absolute Gasteiger partial charge is 0.316 e. The van der Waals surface area contributed by atoms with Gasteiger partial charge < -0.3 is 5.32 Å². The third-order valence-electron chi connectivity index (χ3n) is 3.91. The highest BCUT2D eigenvalue weighted by molar-refractivity contribution is 9.10. The Hall–Kier alpha value is -0.450. The Bertz CT molecular complexity index is 430. The lowest BCUT2D eigenvalue weighted by molar-refractivity contribution is 0.176. The van der Waals surface area contributed by atoms with Gasteiger partial charge in [0.15, 0.2) is 0 Å². The van der Waals surface area contributed by atoms with Crippen LogP contribution in [0.3, 0.4) is 0 Å². The average molecular weight is 329 g/mol. The molecule has 1 unspecified atom stereocenters. The predicted octanol–water partition coefficient (Wildman–Crippen LogP) is 3.41. The van der Waals surface area contributed by atoms with Crippen LogP contribution < -0.4 is 5.32 Å². The maximum absolute atomic E-state index is 13.8. The van der Waals surface area contributed by atoms with Gasteiger partial charge in [-0.1, -0.05) is 29.8 Å². The van der Waals surface area contributed by atoms with Gasteiger partial charge in [0.25, 0.3) is 0 Å². The molecule has 1 fully saturated rings. The van der Waals surface area contributed by atoms with Crippen LogP contribution in [0.5, 0.6) is 0 Å². The molecule has 1 N–H and O–H groups in total. The van der Waals surface area contributed by atoms with E-state index in [1.54, 1.807) is 6.07 Å². The highest BCUT2D eigenvalue weighted by atomic mass is 79.9. The van der Waals surface area contributed by atoms with Gasteiger partial charge in [0.05, 0.1) is 0 Å². The minimum absolute atomic E-state index is 0.114. The van der Waals surface area contributed by atoms with Crippen LogP contribution in [-0.4, -0.2) is 31.1 Å². The third-order valence-corrected chi connectivity index (χ3v) is 4.40. The molecule has 0 saturated carbocycles. The van der Waals surface area contributed by atoms with Crippen molar-refractivity contribution in [2.45, 2.75) is 26.8 Å². The van der Waals surface area contributed by atoms with Crippen molar-refractivity contribution in [1.29, 1.82) is 0 Å². The van der Waals surface area contributed by atoms with Crippen LogP contribution in [0.2, 0.25) is 0 Å². The van der Waals surface area contributed by atoms with E-state index in [1.165, 1.54) is 12.5 Å². The van der Waals surface area contributed by atoms with E-state index in [0.29, 0.717) is 12.0 Å². The summed E-state index contributed by atoms with van der Waals surface area (Å²) in [5.74, 6) is -0.114. The highest BCUT2D eigenvalue weighted by Crippen LogP contribution is 2.27. The minimum Gasteiger partial charge on any atom is -0.316 e. The molecule has 1 atom stereocenters. The molecule has 1 aromatic carbocycles. The van der Waals surface area contributed by atoms with E-state index in [1.807, 2.05) is 6.07 Å². The number of benzene rings is 1. The Balaban J connectivity index is 2.04. The van der Waals surface area contributed by atoms with Crippen molar-refractivity contribution >= 4 is 15.9 Å². The molecule has 0 aliphatic carbocycles. The van der Waals surface area contributed by atoms with Crippen molar-refractivity contribution in [3.63, 3.8) is 0 Å². The van der Waals surface area contributed by atoms with Gasteiger partial charge in [0, 0.05) is 29.7 Å². The Morgan fingerprint density at radius 3 is 2.89 bits per heavy atom. The molecule has 19 heavy (non-hydrogen) atoms. The number of halogens is 2. The molecule has 106 valence electrons. The first-order valence-corrected chi connectivity index (χ1v) is 7.69. The first-order chi connectivity index (χ1) is 9.02. The molecule has 1 heterocycles. The molecule has 1 aliphatic heterocycles. The van der Waals surface area contributed by atoms with Gasteiger partial charge in [0.2, 0.25) is 0 Å². The van der Waals surface area contributed by atoms with Gasteiger partial charge >= 0.3 is 0 Å². The van der Waals surface area contributed by atoms with Crippen molar-refractivity contribution in [3.8, 4) is 0 Å². The topological polar surface area (TPSA) is 15.3 Å². The number of nitrogens with zero attached hydrogens (tertiary/aromatic N) is 1. The summed E-state index contributed by atoms with van der Waals surface area (Å²) >= 11 is 3.41. The molecule has 4 heteroatoms. The summed E-state index contributed by atoms with van der Waals surface area (Å²) in [5.41, 5.74) is 1.09. The fourth-order valence-corrected chi connectivity index (χ4v) is 3.14. The van der Waals surface area contributed by atoms with Gasteiger partial charge in [-0.15, -0.1) is 0 Å². The molecule has 2 rings (SSSR count). The van der Waals surface area contributed by atoms with Crippen LogP contribution in [0, 0.1) is 11.2 Å². The zero-order valence-corrected chi connectivity index (χ0v) is 13.3. The van der Waals surface area contributed by atoms with Gasteiger partial charge in [-0.05, 0) is 43.1 Å². The standard InChI is InChI=1S/C15H22BrFN2/c1-3-19(11-15(2)6-7-18-10-15)9-12-8-13(16)4-5-14(12)17/h4-5,8,18H,3,6-7,9-11H2,1-2H3. The SMILES string of the molecule is CCN(Cc1cc(Br)ccc1F)CC1(C)CCNC1. The Morgan fingerprint density at radius 2 is 2.26 bits per heavy atom. The third kappa shape index (κ3) is 4.01. The van der Waals surface area contributed by atoms with Crippen molar-refractivity contribution in [3.05, 3.63) is 34.1 Å². The van der Waals surface area contributed by atoms with Crippen LogP contribution >= 0.6 is 15.9 Å². The molecule has 0 radical (unpaired) electrons. The van der Waals surface area contributed by atoms with E-state index in [4.69, 9.17) is 0 Å². The number of hydrogen-bond acceptors (Lipinski definition) is 2. The number of nitrogens with one attached hydrogen (secondary N) is 1. The average Bonchev–Trinajstić information content (AvgIpc) is 2.79. The molecule has 2 nitrogen and oxygen atoms in total. The molecule has 0 bridgehead atoms. The van der Waals surface area contributed by atoms with E-state index in [-0.39, 0.29) is 5.82 Å². The summed E-state index contributed by atoms with van der Waals surface area (Å²) in [6.45, 7) is 9.25. The normalized spacial score (nSPS) is 23.2. The second-order valence-electron chi connectivity index (χ2n) is 5.78. The van der Waals surface area contributed by atoms with Gasteiger partial charge in [-0.2, -0.15) is 0 Å². The zero-order chi connectivity index (χ0) is 13.9. The van der Waals surface area contributed by atoms with Gasteiger partial charge in [0.1, 0.15) is 5.82 Å². The second-order valence-corrected chi connectivity index (χ2v) is 6.69. The second kappa shape index (κ2) is 6.33. The van der Waals surface area contributed by atoms with Crippen molar-refractivity contribution in [2.75, 3.05) is 26.2 Å². The van der Waals surface area contributed by atoms with Crippen LogP contribution in [-0.2, 0) is 6.54 Å². The lowest BCUT2D eigenvalue weighted by Crippen LogP contribution is -2.37. The minimum atomic E-state index is -0.114. The summed E-state index contributed by atoms with van der Waals surface area (Å²) in [7, 11) is 0. The maximum Gasteiger partial charge on any atom is 0.127 e. The molecule has 1 aliphatic rings. The monoisotopic (exact) mass is 328 g/mol. The molecule has 1 saturated heterocycles. The fourth-order valence-electron chi connectivity index (χ4n) is 2.73. The molecular weight excluding hydrogens is 307 g/mol. The fraction of sp³-hybridized carbons (Fsp3) is 0.600. The summed E-state index contributed by atoms with van der Waals surface area (Å²) in [5, 5.41) is 3.42. The lowest BCUT2D eigenvalue weighted by atomic mass is 9.89. The van der Waals surface area contributed by atoms with E-state index >= 15 is 0 Å². The van der Waals surface area contributed by atoms with E-state index in [2.05, 4.69) is 40.0 Å². The van der Waals surface area contributed by atoms with E-state index in [9.17, 15) is 4.39 Å². The summed E-state index contributed by atoms with van der Waals surface area (Å²) in [6, 6.07) is 5.16. The van der Waals surface area contributed by atoms with Crippen molar-refractivity contribution < 1.29 is 4.39 Å². The molecule has 1 aromatic rings. The van der Waals surface area contributed by atoms with Crippen molar-refractivity contribution in [2.24, 2.45) is 5.41 Å². The van der Waals surface area contributed by atoms with Gasteiger partial charge in [-0.3, -0.25) is 4.90 Å².